The summed E-state index contributed by atoms with van der Waals surface area (Å²) in [5, 5.41) is 0. The van der Waals surface area contributed by atoms with Gasteiger partial charge in [-0.3, -0.25) is 0 Å². The highest BCUT2D eigenvalue weighted by Crippen LogP contribution is 2.21. The zero-order valence-corrected chi connectivity index (χ0v) is 9.84. The van der Waals surface area contributed by atoms with Crippen LogP contribution >= 0.6 is 11.6 Å². The van der Waals surface area contributed by atoms with Gasteiger partial charge in [0.2, 0.25) is 0 Å². The van der Waals surface area contributed by atoms with Crippen molar-refractivity contribution in [3.05, 3.63) is 0 Å². The van der Waals surface area contributed by atoms with Gasteiger partial charge in [0, 0.05) is 25.5 Å². The van der Waals surface area contributed by atoms with Crippen molar-refractivity contribution in [1.82, 2.24) is 9.80 Å². The lowest BCUT2D eigenvalue weighted by molar-refractivity contribution is 0.269. The standard InChI is InChI=1S/C11H21ClN2/c1-13-4-2-11(7-13)9-14-5-3-10(6-12)8-14/h10-11H,2-9H2,1H3. The van der Waals surface area contributed by atoms with Crippen LogP contribution in [0.1, 0.15) is 12.8 Å². The fourth-order valence-corrected chi connectivity index (χ4v) is 3.00. The molecule has 0 bridgehead atoms. The molecule has 2 nitrogen and oxygen atoms in total. The second kappa shape index (κ2) is 4.82. The molecule has 0 saturated carbocycles. The predicted molar refractivity (Wildman–Crippen MR) is 60.9 cm³/mol. The van der Waals surface area contributed by atoms with Crippen LogP contribution in [0.25, 0.3) is 0 Å². The van der Waals surface area contributed by atoms with Crippen LogP contribution in [0.5, 0.6) is 0 Å². The van der Waals surface area contributed by atoms with Gasteiger partial charge in [0.1, 0.15) is 0 Å². The Morgan fingerprint density at radius 3 is 2.50 bits per heavy atom. The monoisotopic (exact) mass is 216 g/mol. The Kier molecular flexibility index (Phi) is 3.69. The largest absolute Gasteiger partial charge is 0.306 e. The number of hydrogen-bond donors (Lipinski definition) is 0. The molecule has 0 spiro atoms. The molecule has 0 aromatic rings. The van der Waals surface area contributed by atoms with Gasteiger partial charge in [0.25, 0.3) is 0 Å². The highest BCUT2D eigenvalue weighted by molar-refractivity contribution is 6.18. The second-order valence-electron chi connectivity index (χ2n) is 4.99. The summed E-state index contributed by atoms with van der Waals surface area (Å²) in [7, 11) is 2.23. The molecule has 0 N–H and O–H groups in total. The van der Waals surface area contributed by atoms with E-state index in [1.54, 1.807) is 0 Å². The van der Waals surface area contributed by atoms with Gasteiger partial charge in [0.05, 0.1) is 0 Å². The molecule has 2 aliphatic heterocycles. The summed E-state index contributed by atoms with van der Waals surface area (Å²) in [6.45, 7) is 6.40. The molecule has 2 aliphatic rings. The molecule has 2 heterocycles. The van der Waals surface area contributed by atoms with Crippen LogP contribution in [0, 0.1) is 11.8 Å². The van der Waals surface area contributed by atoms with Gasteiger partial charge >= 0.3 is 0 Å². The maximum absolute atomic E-state index is 5.88. The molecule has 0 aromatic carbocycles. The van der Waals surface area contributed by atoms with Crippen molar-refractivity contribution < 1.29 is 0 Å². The molecule has 82 valence electrons. The normalized spacial score (nSPS) is 35.6. The third-order valence-electron chi connectivity index (χ3n) is 3.59. The number of alkyl halides is 1. The van der Waals surface area contributed by atoms with Gasteiger partial charge < -0.3 is 9.80 Å². The summed E-state index contributed by atoms with van der Waals surface area (Å²) in [6, 6.07) is 0. The molecule has 2 atom stereocenters. The first-order chi connectivity index (χ1) is 6.78. The number of hydrogen-bond acceptors (Lipinski definition) is 2. The minimum atomic E-state index is 0.760. The van der Waals surface area contributed by atoms with Crippen molar-refractivity contribution in [3.63, 3.8) is 0 Å². The SMILES string of the molecule is CN1CCC(CN2CCC(CCl)C2)C1. The Balaban J connectivity index is 1.71. The zero-order chi connectivity index (χ0) is 9.97. The van der Waals surface area contributed by atoms with E-state index >= 15 is 0 Å². The molecule has 2 saturated heterocycles. The van der Waals surface area contributed by atoms with Crippen molar-refractivity contribution in [3.8, 4) is 0 Å². The minimum Gasteiger partial charge on any atom is -0.306 e. The molecule has 2 rings (SSSR count). The van der Waals surface area contributed by atoms with Gasteiger partial charge in [-0.2, -0.15) is 0 Å². The van der Waals surface area contributed by atoms with E-state index < -0.39 is 0 Å². The fraction of sp³-hybridized carbons (Fsp3) is 1.00. The number of rotatable bonds is 3. The van der Waals surface area contributed by atoms with E-state index in [0.717, 1.165) is 17.7 Å². The number of nitrogens with zero attached hydrogens (tertiary/aromatic N) is 2. The maximum atomic E-state index is 5.88. The van der Waals surface area contributed by atoms with E-state index in [1.807, 2.05) is 0 Å². The smallest absolute Gasteiger partial charge is 0.0264 e. The van der Waals surface area contributed by atoms with E-state index in [-0.39, 0.29) is 0 Å². The van der Waals surface area contributed by atoms with Crippen LogP contribution in [-0.4, -0.2) is 55.5 Å². The van der Waals surface area contributed by atoms with E-state index in [2.05, 4.69) is 16.8 Å². The van der Waals surface area contributed by atoms with Crippen LogP contribution in [0.4, 0.5) is 0 Å². The van der Waals surface area contributed by atoms with Crippen LogP contribution in [0.15, 0.2) is 0 Å². The molecule has 2 unspecified atom stereocenters. The fourth-order valence-electron chi connectivity index (χ4n) is 2.75. The van der Waals surface area contributed by atoms with Crippen LogP contribution in [-0.2, 0) is 0 Å². The highest BCUT2D eigenvalue weighted by Gasteiger charge is 2.26. The Morgan fingerprint density at radius 1 is 1.14 bits per heavy atom. The molecular formula is C11H21ClN2. The average Bonchev–Trinajstić information content (AvgIpc) is 2.76. The Bertz CT molecular complexity index is 186. The summed E-state index contributed by atoms with van der Waals surface area (Å²) >= 11 is 5.88. The quantitative estimate of drug-likeness (QED) is 0.660. The van der Waals surface area contributed by atoms with Crippen molar-refractivity contribution in [2.24, 2.45) is 11.8 Å². The van der Waals surface area contributed by atoms with Crippen molar-refractivity contribution in [2.45, 2.75) is 12.8 Å². The molecule has 0 amide bonds. The van der Waals surface area contributed by atoms with Gasteiger partial charge in [0.15, 0.2) is 0 Å². The molecular weight excluding hydrogens is 196 g/mol. The highest BCUT2D eigenvalue weighted by atomic mass is 35.5. The first-order valence-corrected chi connectivity index (χ1v) is 6.28. The van der Waals surface area contributed by atoms with E-state index in [4.69, 9.17) is 11.6 Å². The first-order valence-electron chi connectivity index (χ1n) is 5.75. The van der Waals surface area contributed by atoms with E-state index in [9.17, 15) is 0 Å². The van der Waals surface area contributed by atoms with Crippen molar-refractivity contribution in [2.75, 3.05) is 45.7 Å². The average molecular weight is 217 g/mol. The molecule has 0 aromatic heterocycles. The summed E-state index contributed by atoms with van der Waals surface area (Å²) < 4.78 is 0. The Morgan fingerprint density at radius 2 is 1.93 bits per heavy atom. The van der Waals surface area contributed by atoms with Gasteiger partial charge in [-0.05, 0) is 44.8 Å². The van der Waals surface area contributed by atoms with E-state index in [0.29, 0.717) is 0 Å². The zero-order valence-electron chi connectivity index (χ0n) is 9.08. The molecule has 0 aliphatic carbocycles. The Hall–Kier alpha value is 0.210. The topological polar surface area (TPSA) is 6.48 Å². The summed E-state index contributed by atoms with van der Waals surface area (Å²) in [5.74, 6) is 2.52. The van der Waals surface area contributed by atoms with Crippen LogP contribution in [0.3, 0.4) is 0 Å². The van der Waals surface area contributed by atoms with Gasteiger partial charge in [-0.15, -0.1) is 11.6 Å². The minimum absolute atomic E-state index is 0.760. The summed E-state index contributed by atoms with van der Waals surface area (Å²) in [4.78, 5) is 5.05. The van der Waals surface area contributed by atoms with E-state index in [1.165, 1.54) is 45.6 Å². The molecule has 0 radical (unpaired) electrons. The number of likely N-dealkylation sites (tertiary alicyclic amines) is 2. The lowest BCUT2D eigenvalue weighted by Gasteiger charge is -2.20. The van der Waals surface area contributed by atoms with Gasteiger partial charge in [-0.25, -0.2) is 0 Å². The predicted octanol–water partition coefficient (Wildman–Crippen LogP) is 1.50. The first kappa shape index (κ1) is 10.7. The lowest BCUT2D eigenvalue weighted by Crippen LogP contribution is -2.29. The maximum Gasteiger partial charge on any atom is 0.0264 e. The number of halogens is 1. The molecule has 14 heavy (non-hydrogen) atoms. The van der Waals surface area contributed by atoms with Crippen LogP contribution < -0.4 is 0 Å². The van der Waals surface area contributed by atoms with Crippen LogP contribution in [0.2, 0.25) is 0 Å². The van der Waals surface area contributed by atoms with Gasteiger partial charge in [-0.1, -0.05) is 0 Å². The van der Waals surface area contributed by atoms with Crippen molar-refractivity contribution in [1.29, 1.82) is 0 Å². The Labute approximate surface area is 92.2 Å². The summed E-state index contributed by atoms with van der Waals surface area (Å²) in [5.41, 5.74) is 0. The molecule has 3 heteroatoms. The second-order valence-corrected chi connectivity index (χ2v) is 5.29. The lowest BCUT2D eigenvalue weighted by atomic mass is 10.1. The summed E-state index contributed by atoms with van der Waals surface area (Å²) in [6.07, 6.45) is 2.70. The third-order valence-corrected chi connectivity index (χ3v) is 4.03. The van der Waals surface area contributed by atoms with Crippen molar-refractivity contribution >= 4 is 11.6 Å². The molecule has 2 fully saturated rings. The third kappa shape index (κ3) is 2.62.